The van der Waals surface area contributed by atoms with Crippen molar-refractivity contribution in [3.8, 4) is 0 Å². The average Bonchev–Trinajstić information content (AvgIpc) is 2.34. The van der Waals surface area contributed by atoms with Gasteiger partial charge in [-0.05, 0) is 30.0 Å². The highest BCUT2D eigenvalue weighted by Gasteiger charge is 2.10. The first-order valence-electron chi connectivity index (χ1n) is 6.59. The predicted octanol–water partition coefficient (Wildman–Crippen LogP) is 6.13. The van der Waals surface area contributed by atoms with Crippen LogP contribution in [0.15, 0.2) is 28.7 Å². The van der Waals surface area contributed by atoms with Gasteiger partial charge in [0.15, 0.2) is 0 Å². The monoisotopic (exact) mass is 316 g/mol. The van der Waals surface area contributed by atoms with Crippen molar-refractivity contribution < 1.29 is 0 Å². The van der Waals surface area contributed by atoms with Gasteiger partial charge in [-0.15, -0.1) is 11.6 Å². The molecule has 96 valence electrons. The zero-order valence-electron chi connectivity index (χ0n) is 10.6. The zero-order chi connectivity index (χ0) is 12.5. The lowest BCUT2D eigenvalue weighted by molar-refractivity contribution is 0.569. The number of hydrogen-bond donors (Lipinski definition) is 0. The second-order valence-corrected chi connectivity index (χ2v) is 5.83. The van der Waals surface area contributed by atoms with Gasteiger partial charge in [0.1, 0.15) is 0 Å². The van der Waals surface area contributed by atoms with Gasteiger partial charge in [0, 0.05) is 10.4 Å². The lowest BCUT2D eigenvalue weighted by atomic mass is 9.94. The zero-order valence-corrected chi connectivity index (χ0v) is 12.9. The van der Waals surface area contributed by atoms with Crippen LogP contribution in [0, 0.1) is 0 Å². The Kier molecular flexibility index (Phi) is 7.96. The predicted molar refractivity (Wildman–Crippen MR) is 81.0 cm³/mol. The Labute approximate surface area is 119 Å². The summed E-state index contributed by atoms with van der Waals surface area (Å²) in [5.74, 6) is 1.24. The lowest BCUT2D eigenvalue weighted by Crippen LogP contribution is -2.00. The minimum Gasteiger partial charge on any atom is -0.126 e. The van der Waals surface area contributed by atoms with E-state index in [1.54, 1.807) is 0 Å². The Morgan fingerprint density at radius 3 is 2.59 bits per heavy atom. The summed E-state index contributed by atoms with van der Waals surface area (Å²) in [6.07, 6.45) is 7.89. The first kappa shape index (κ1) is 15.0. The molecule has 0 saturated carbocycles. The van der Waals surface area contributed by atoms with Gasteiger partial charge in [-0.3, -0.25) is 0 Å². The third kappa shape index (κ3) is 5.92. The topological polar surface area (TPSA) is 0 Å². The van der Waals surface area contributed by atoms with Crippen LogP contribution in [-0.4, -0.2) is 5.88 Å². The minimum absolute atomic E-state index is 0.510. The van der Waals surface area contributed by atoms with Crippen molar-refractivity contribution in [1.29, 1.82) is 0 Å². The van der Waals surface area contributed by atoms with Crippen molar-refractivity contribution in [2.24, 2.45) is 0 Å². The van der Waals surface area contributed by atoms with Gasteiger partial charge in [-0.2, -0.15) is 0 Å². The van der Waals surface area contributed by atoms with Gasteiger partial charge in [-0.25, -0.2) is 0 Å². The molecule has 1 aromatic rings. The number of alkyl halides is 1. The summed E-state index contributed by atoms with van der Waals surface area (Å²) in [7, 11) is 0. The van der Waals surface area contributed by atoms with Crippen LogP contribution in [0.5, 0.6) is 0 Å². The first-order valence-corrected chi connectivity index (χ1v) is 7.92. The van der Waals surface area contributed by atoms with E-state index in [1.807, 2.05) is 0 Å². The molecule has 1 rings (SSSR count). The molecule has 2 heteroatoms. The summed E-state index contributed by atoms with van der Waals surface area (Å²) in [6, 6.07) is 8.54. The van der Waals surface area contributed by atoms with Crippen LogP contribution < -0.4 is 0 Å². The fourth-order valence-corrected chi connectivity index (χ4v) is 2.84. The molecular formula is C15H22BrCl. The summed E-state index contributed by atoms with van der Waals surface area (Å²) < 4.78 is 1.15. The molecule has 0 aliphatic rings. The quantitative estimate of drug-likeness (QED) is 0.399. The van der Waals surface area contributed by atoms with Crippen LogP contribution in [0.1, 0.15) is 56.9 Å². The summed E-state index contributed by atoms with van der Waals surface area (Å²) in [5, 5.41) is 0. The normalized spacial score (nSPS) is 12.6. The Morgan fingerprint density at radius 2 is 1.94 bits per heavy atom. The Morgan fingerprint density at radius 1 is 1.18 bits per heavy atom. The molecule has 0 aliphatic carbocycles. The van der Waals surface area contributed by atoms with Crippen LogP contribution in [0.3, 0.4) is 0 Å². The van der Waals surface area contributed by atoms with Crippen LogP contribution in [0.25, 0.3) is 0 Å². The molecule has 0 amide bonds. The van der Waals surface area contributed by atoms with Crippen molar-refractivity contribution in [3.05, 3.63) is 34.3 Å². The maximum Gasteiger partial charge on any atom is 0.0292 e. The third-order valence-electron chi connectivity index (χ3n) is 3.16. The standard InChI is InChI=1S/C15H22BrCl/c1-2-3-4-5-6-8-14(12-17)13-9-7-10-15(16)11-13/h7,9-11,14H,2-6,8,12H2,1H3. The van der Waals surface area contributed by atoms with Crippen molar-refractivity contribution in [1.82, 2.24) is 0 Å². The minimum atomic E-state index is 0.510. The number of rotatable bonds is 8. The van der Waals surface area contributed by atoms with Gasteiger partial charge in [-0.1, -0.05) is 67.1 Å². The fourth-order valence-electron chi connectivity index (χ4n) is 2.09. The Balaban J connectivity index is 2.38. The molecule has 0 spiro atoms. The molecule has 17 heavy (non-hydrogen) atoms. The second-order valence-electron chi connectivity index (χ2n) is 4.61. The second kappa shape index (κ2) is 8.99. The van der Waals surface area contributed by atoms with Crippen molar-refractivity contribution >= 4 is 27.5 Å². The van der Waals surface area contributed by atoms with E-state index in [-0.39, 0.29) is 0 Å². The van der Waals surface area contributed by atoms with Gasteiger partial charge in [0.25, 0.3) is 0 Å². The van der Waals surface area contributed by atoms with Crippen LogP contribution in [0.4, 0.5) is 0 Å². The van der Waals surface area contributed by atoms with Crippen LogP contribution in [0.2, 0.25) is 0 Å². The molecule has 0 N–H and O–H groups in total. The van der Waals surface area contributed by atoms with Crippen molar-refractivity contribution in [2.45, 2.75) is 51.4 Å². The molecule has 1 aromatic carbocycles. The van der Waals surface area contributed by atoms with E-state index in [1.165, 1.54) is 44.1 Å². The largest absolute Gasteiger partial charge is 0.126 e. The number of halogens is 2. The summed E-state index contributed by atoms with van der Waals surface area (Å²) in [6.45, 7) is 2.25. The molecular weight excluding hydrogens is 296 g/mol. The summed E-state index contributed by atoms with van der Waals surface area (Å²) in [5.41, 5.74) is 1.37. The molecule has 0 fully saturated rings. The van der Waals surface area contributed by atoms with Crippen LogP contribution in [-0.2, 0) is 0 Å². The highest BCUT2D eigenvalue weighted by molar-refractivity contribution is 9.10. The van der Waals surface area contributed by atoms with E-state index in [0.717, 1.165) is 10.4 Å². The molecule has 1 atom stereocenters. The molecule has 0 bridgehead atoms. The van der Waals surface area contributed by atoms with Crippen LogP contribution >= 0.6 is 27.5 Å². The smallest absolute Gasteiger partial charge is 0.0292 e. The molecule has 0 aromatic heterocycles. The molecule has 0 aliphatic heterocycles. The SMILES string of the molecule is CCCCCCCC(CCl)c1cccc(Br)c1. The molecule has 0 heterocycles. The number of benzene rings is 1. The highest BCUT2D eigenvalue weighted by atomic mass is 79.9. The van der Waals surface area contributed by atoms with Gasteiger partial charge >= 0.3 is 0 Å². The van der Waals surface area contributed by atoms with E-state index >= 15 is 0 Å². The fraction of sp³-hybridized carbons (Fsp3) is 0.600. The highest BCUT2D eigenvalue weighted by Crippen LogP contribution is 2.26. The third-order valence-corrected chi connectivity index (χ3v) is 4.03. The summed E-state index contributed by atoms with van der Waals surface area (Å²) >= 11 is 9.60. The molecule has 0 radical (unpaired) electrons. The Bertz CT molecular complexity index is 312. The van der Waals surface area contributed by atoms with Gasteiger partial charge in [0.2, 0.25) is 0 Å². The van der Waals surface area contributed by atoms with Gasteiger partial charge in [0.05, 0.1) is 0 Å². The summed E-state index contributed by atoms with van der Waals surface area (Å²) in [4.78, 5) is 0. The average molecular weight is 318 g/mol. The molecule has 1 unspecified atom stereocenters. The number of hydrogen-bond acceptors (Lipinski definition) is 0. The lowest BCUT2D eigenvalue weighted by Gasteiger charge is -2.14. The van der Waals surface area contributed by atoms with E-state index in [9.17, 15) is 0 Å². The molecule has 0 saturated heterocycles. The van der Waals surface area contributed by atoms with Crippen molar-refractivity contribution in [2.75, 3.05) is 5.88 Å². The van der Waals surface area contributed by atoms with Gasteiger partial charge < -0.3 is 0 Å². The van der Waals surface area contributed by atoms with E-state index in [0.29, 0.717) is 5.92 Å². The first-order chi connectivity index (χ1) is 8.27. The van der Waals surface area contributed by atoms with E-state index in [2.05, 4.69) is 47.1 Å². The Hall–Kier alpha value is -0.0100. The maximum absolute atomic E-state index is 6.08. The molecule has 0 nitrogen and oxygen atoms in total. The van der Waals surface area contributed by atoms with E-state index < -0.39 is 0 Å². The maximum atomic E-state index is 6.08. The van der Waals surface area contributed by atoms with Crippen molar-refractivity contribution in [3.63, 3.8) is 0 Å². The van der Waals surface area contributed by atoms with E-state index in [4.69, 9.17) is 11.6 Å². The number of unbranched alkanes of at least 4 members (excludes halogenated alkanes) is 4.